The molecule has 0 unspecified atom stereocenters. The van der Waals surface area contributed by atoms with Crippen LogP contribution in [-0.4, -0.2) is 47.5 Å². The molecule has 1 atom stereocenters. The van der Waals surface area contributed by atoms with Gasteiger partial charge in [-0.05, 0) is 30.7 Å². The second-order valence-electron chi connectivity index (χ2n) is 4.61. The number of benzene rings is 1. The Labute approximate surface area is 127 Å². The molecule has 1 aromatic heterocycles. The molecule has 1 N–H and O–H groups in total. The molecule has 21 heavy (non-hydrogen) atoms. The van der Waals surface area contributed by atoms with Gasteiger partial charge in [0.25, 0.3) is 0 Å². The molecule has 2 aromatic rings. The van der Waals surface area contributed by atoms with Crippen molar-refractivity contribution >= 4 is 11.8 Å². The fraction of sp³-hybridized carbons (Fsp3) is 0.429. The lowest BCUT2D eigenvalue weighted by molar-refractivity contribution is -0.130. The van der Waals surface area contributed by atoms with Crippen LogP contribution in [-0.2, 0) is 9.47 Å². The maximum Gasteiger partial charge on any atom is 0.208 e. The van der Waals surface area contributed by atoms with E-state index < -0.39 is 0 Å². The number of H-pyrrole nitrogens is 1. The number of methoxy groups -OCH3 is 1. The van der Waals surface area contributed by atoms with Gasteiger partial charge in [-0.25, -0.2) is 4.98 Å². The van der Waals surface area contributed by atoms with Crippen molar-refractivity contribution in [2.45, 2.75) is 17.7 Å². The third-order valence-corrected chi connectivity index (χ3v) is 4.18. The lowest BCUT2D eigenvalue weighted by atomic mass is 10.2. The largest absolute Gasteiger partial charge is 0.497 e. The Morgan fingerprint density at radius 2 is 2.24 bits per heavy atom. The summed E-state index contributed by atoms with van der Waals surface area (Å²) in [6, 6.07) is 7.71. The Kier molecular flexibility index (Phi) is 4.74. The first-order valence-corrected chi connectivity index (χ1v) is 7.72. The molecule has 0 aliphatic carbocycles. The molecule has 1 fully saturated rings. The fourth-order valence-corrected chi connectivity index (χ4v) is 2.85. The highest BCUT2D eigenvalue weighted by atomic mass is 32.2. The van der Waals surface area contributed by atoms with Crippen LogP contribution in [0.2, 0.25) is 0 Å². The van der Waals surface area contributed by atoms with Crippen molar-refractivity contribution in [3.8, 4) is 17.1 Å². The summed E-state index contributed by atoms with van der Waals surface area (Å²) in [7, 11) is 1.65. The molecule has 1 aliphatic heterocycles. The molecule has 1 aromatic carbocycles. The molecule has 112 valence electrons. The van der Waals surface area contributed by atoms with Crippen LogP contribution in [0.25, 0.3) is 11.4 Å². The first-order chi connectivity index (χ1) is 10.3. The summed E-state index contributed by atoms with van der Waals surface area (Å²) in [5.41, 5.74) is 0.984. The molecule has 7 heteroatoms. The highest BCUT2D eigenvalue weighted by molar-refractivity contribution is 7.99. The van der Waals surface area contributed by atoms with Gasteiger partial charge in [-0.3, -0.25) is 5.10 Å². The number of rotatable bonds is 5. The third kappa shape index (κ3) is 3.75. The minimum atomic E-state index is 0.215. The Morgan fingerprint density at radius 1 is 1.38 bits per heavy atom. The maximum atomic E-state index is 5.49. The van der Waals surface area contributed by atoms with Crippen LogP contribution in [0, 0.1) is 0 Å². The summed E-state index contributed by atoms with van der Waals surface area (Å²) in [5.74, 6) is 2.42. The van der Waals surface area contributed by atoms with Crippen LogP contribution in [0.3, 0.4) is 0 Å². The van der Waals surface area contributed by atoms with E-state index in [1.807, 2.05) is 24.3 Å². The fourth-order valence-electron chi connectivity index (χ4n) is 1.99. The number of thioether (sulfide) groups is 1. The minimum Gasteiger partial charge on any atom is -0.497 e. The van der Waals surface area contributed by atoms with E-state index in [-0.39, 0.29) is 6.10 Å². The monoisotopic (exact) mass is 307 g/mol. The average molecular weight is 307 g/mol. The highest BCUT2D eigenvalue weighted by Gasteiger charge is 2.16. The van der Waals surface area contributed by atoms with Gasteiger partial charge in [-0.15, -0.1) is 5.10 Å². The van der Waals surface area contributed by atoms with E-state index in [0.717, 1.165) is 41.1 Å². The van der Waals surface area contributed by atoms with Gasteiger partial charge in [0.15, 0.2) is 5.82 Å². The smallest absolute Gasteiger partial charge is 0.208 e. The van der Waals surface area contributed by atoms with Crippen LogP contribution < -0.4 is 4.74 Å². The predicted molar refractivity (Wildman–Crippen MR) is 79.4 cm³/mol. The quantitative estimate of drug-likeness (QED) is 0.855. The molecule has 0 bridgehead atoms. The molecule has 2 heterocycles. The number of nitrogens with one attached hydrogen (secondary N) is 1. The first-order valence-electron chi connectivity index (χ1n) is 6.74. The molecule has 1 aliphatic rings. The van der Waals surface area contributed by atoms with E-state index in [2.05, 4.69) is 15.2 Å². The van der Waals surface area contributed by atoms with Crippen molar-refractivity contribution < 1.29 is 14.2 Å². The first kappa shape index (κ1) is 14.4. The van der Waals surface area contributed by atoms with Gasteiger partial charge in [0.1, 0.15) is 12.5 Å². The lowest BCUT2D eigenvalue weighted by Gasteiger charge is -2.21. The van der Waals surface area contributed by atoms with Crippen LogP contribution in [0.1, 0.15) is 6.42 Å². The van der Waals surface area contributed by atoms with Crippen molar-refractivity contribution in [3.05, 3.63) is 24.3 Å². The van der Waals surface area contributed by atoms with Gasteiger partial charge in [-0.2, -0.15) is 0 Å². The van der Waals surface area contributed by atoms with Gasteiger partial charge in [0.2, 0.25) is 5.16 Å². The molecular weight excluding hydrogens is 290 g/mol. The second kappa shape index (κ2) is 6.93. The number of aromatic amines is 1. The normalized spacial score (nSPS) is 18.6. The molecule has 3 rings (SSSR count). The number of nitrogens with zero attached hydrogens (tertiary/aromatic N) is 2. The Hall–Kier alpha value is -1.57. The van der Waals surface area contributed by atoms with E-state index in [0.29, 0.717) is 6.79 Å². The van der Waals surface area contributed by atoms with Crippen LogP contribution in [0.15, 0.2) is 29.4 Å². The number of ether oxygens (including phenoxy) is 3. The zero-order chi connectivity index (χ0) is 14.5. The van der Waals surface area contributed by atoms with Gasteiger partial charge >= 0.3 is 0 Å². The lowest BCUT2D eigenvalue weighted by Crippen LogP contribution is -2.25. The SMILES string of the molecule is COc1ccc(-c2nc(SC[C@@H]3CCOCO3)n[nH]2)cc1. The number of hydrogen-bond donors (Lipinski definition) is 1. The molecule has 0 amide bonds. The van der Waals surface area contributed by atoms with Crippen LogP contribution >= 0.6 is 11.8 Å². The molecular formula is C14H17N3O3S. The standard InChI is InChI=1S/C14H17N3O3S/c1-18-11-4-2-10(3-5-11)13-15-14(17-16-13)21-8-12-6-7-19-9-20-12/h2-5,12H,6-9H2,1H3,(H,15,16,17)/t12-/m0/s1. The van der Waals surface area contributed by atoms with E-state index in [9.17, 15) is 0 Å². The third-order valence-electron chi connectivity index (χ3n) is 3.20. The average Bonchev–Trinajstić information content (AvgIpc) is 3.03. The van der Waals surface area contributed by atoms with Gasteiger partial charge in [-0.1, -0.05) is 11.8 Å². The molecule has 1 saturated heterocycles. The van der Waals surface area contributed by atoms with Gasteiger partial charge < -0.3 is 14.2 Å². The predicted octanol–water partition coefficient (Wildman–Crippen LogP) is 2.34. The van der Waals surface area contributed by atoms with Crippen molar-refractivity contribution in [2.24, 2.45) is 0 Å². The summed E-state index contributed by atoms with van der Waals surface area (Å²) >= 11 is 1.59. The van der Waals surface area contributed by atoms with E-state index in [1.165, 1.54) is 0 Å². The zero-order valence-electron chi connectivity index (χ0n) is 11.7. The summed E-state index contributed by atoms with van der Waals surface area (Å²) < 4.78 is 15.8. The maximum absolute atomic E-state index is 5.49. The zero-order valence-corrected chi connectivity index (χ0v) is 12.6. The second-order valence-corrected chi connectivity index (χ2v) is 5.60. The Balaban J connectivity index is 1.59. The highest BCUT2D eigenvalue weighted by Crippen LogP contribution is 2.23. The molecule has 0 radical (unpaired) electrons. The van der Waals surface area contributed by atoms with Gasteiger partial charge in [0, 0.05) is 11.3 Å². The summed E-state index contributed by atoms with van der Waals surface area (Å²) in [6.45, 7) is 1.15. The minimum absolute atomic E-state index is 0.215. The Morgan fingerprint density at radius 3 is 2.95 bits per heavy atom. The molecule has 0 spiro atoms. The van der Waals surface area contributed by atoms with Gasteiger partial charge in [0.05, 0.1) is 19.8 Å². The van der Waals surface area contributed by atoms with E-state index >= 15 is 0 Å². The molecule has 6 nitrogen and oxygen atoms in total. The van der Waals surface area contributed by atoms with Crippen molar-refractivity contribution in [1.82, 2.24) is 15.2 Å². The van der Waals surface area contributed by atoms with Crippen LogP contribution in [0.4, 0.5) is 0 Å². The van der Waals surface area contributed by atoms with E-state index in [1.54, 1.807) is 18.9 Å². The number of hydrogen-bond acceptors (Lipinski definition) is 6. The van der Waals surface area contributed by atoms with Crippen molar-refractivity contribution in [3.63, 3.8) is 0 Å². The molecule has 0 saturated carbocycles. The topological polar surface area (TPSA) is 69.3 Å². The summed E-state index contributed by atoms with van der Waals surface area (Å²) in [4.78, 5) is 4.49. The number of aromatic nitrogens is 3. The van der Waals surface area contributed by atoms with Crippen molar-refractivity contribution in [1.29, 1.82) is 0 Å². The Bertz CT molecular complexity index is 567. The van der Waals surface area contributed by atoms with Crippen molar-refractivity contribution in [2.75, 3.05) is 26.3 Å². The van der Waals surface area contributed by atoms with Crippen LogP contribution in [0.5, 0.6) is 5.75 Å². The summed E-state index contributed by atoms with van der Waals surface area (Å²) in [5, 5.41) is 7.92. The van der Waals surface area contributed by atoms with E-state index in [4.69, 9.17) is 14.2 Å². The summed E-state index contributed by atoms with van der Waals surface area (Å²) in [6.07, 6.45) is 1.13.